The molecule has 1 atom stereocenters. The molecule has 0 heterocycles. The molecule has 3 rings (SSSR count). The van der Waals surface area contributed by atoms with Gasteiger partial charge in [0.25, 0.3) is 0 Å². The molecule has 1 unspecified atom stereocenters. The van der Waals surface area contributed by atoms with Crippen LogP contribution < -0.4 is 0 Å². The van der Waals surface area contributed by atoms with Crippen molar-refractivity contribution in [1.29, 1.82) is 0 Å². The van der Waals surface area contributed by atoms with Gasteiger partial charge in [-0.05, 0) is 111 Å². The van der Waals surface area contributed by atoms with Gasteiger partial charge in [0.15, 0.2) is 0 Å². The first-order valence-electron chi connectivity index (χ1n) is 14.5. The van der Waals surface area contributed by atoms with E-state index >= 15 is 0 Å². The topological polar surface area (TPSA) is 60.7 Å². The molecule has 3 heteroatoms. The maximum Gasteiger partial charge on any atom is 0.119 e. The average Bonchev–Trinajstić information content (AvgIpc) is 2.75. The number of phenols is 3. The summed E-state index contributed by atoms with van der Waals surface area (Å²) in [6.07, 6.45) is 0. The summed E-state index contributed by atoms with van der Waals surface area (Å²) < 4.78 is 0. The predicted molar refractivity (Wildman–Crippen MR) is 170 cm³/mol. The molecule has 3 nitrogen and oxygen atoms in total. The van der Waals surface area contributed by atoms with Crippen LogP contribution in [0.2, 0.25) is 0 Å². The highest BCUT2D eigenvalue weighted by atomic mass is 16.3. The number of rotatable bonds is 4. The Bertz CT molecular complexity index is 1350. The fraction of sp³-hybridized carbons (Fsp3) is 0.514. The molecule has 40 heavy (non-hydrogen) atoms. The number of benzene rings is 3. The third-order valence-electron chi connectivity index (χ3n) is 8.95. The Balaban J connectivity index is 2.52. The minimum atomic E-state index is -0.521. The van der Waals surface area contributed by atoms with Crippen molar-refractivity contribution < 1.29 is 15.3 Å². The quantitative estimate of drug-likeness (QED) is 0.306. The summed E-state index contributed by atoms with van der Waals surface area (Å²) >= 11 is 0. The fourth-order valence-electron chi connectivity index (χ4n) is 6.41. The van der Waals surface area contributed by atoms with Crippen molar-refractivity contribution in [3.05, 3.63) is 86.5 Å². The second-order valence-corrected chi connectivity index (χ2v) is 15.3. The van der Waals surface area contributed by atoms with Crippen LogP contribution in [0.25, 0.3) is 0 Å². The van der Waals surface area contributed by atoms with Crippen LogP contribution in [0.1, 0.15) is 132 Å². The van der Waals surface area contributed by atoms with Gasteiger partial charge in [0.2, 0.25) is 0 Å². The molecule has 0 saturated heterocycles. The maximum absolute atomic E-state index is 11.0. The lowest BCUT2D eigenvalue weighted by atomic mass is 9.61. The Morgan fingerprint density at radius 3 is 1.07 bits per heavy atom. The molecule has 0 bridgehead atoms. The zero-order chi connectivity index (χ0) is 30.7. The van der Waals surface area contributed by atoms with Crippen molar-refractivity contribution in [3.8, 4) is 17.2 Å². The summed E-state index contributed by atoms with van der Waals surface area (Å²) in [6, 6.07) is 12.3. The van der Waals surface area contributed by atoms with Crippen LogP contribution in [0.15, 0.2) is 36.4 Å². The minimum absolute atomic E-state index is 0.00122. The second-order valence-electron chi connectivity index (χ2n) is 15.3. The molecule has 3 aromatic rings. The van der Waals surface area contributed by atoms with E-state index in [-0.39, 0.29) is 22.2 Å². The molecule has 218 valence electrons. The standard InChI is InChI=1S/C37H52O3/c1-21-15-31(38)28(34(5,6)7)18-25(21)24(4)37(14,26-19-29(35(8,9)10)32(39)16-22(26)2)27-20-30(36(11,12)13)33(40)17-23(27)3/h15-20,24,38-40H,1-14H3. The SMILES string of the molecule is Cc1cc(O)c(C(C)(C)C)cc1C(C)C(C)(c1cc(C(C)(C)C)c(O)cc1C)c1cc(C(C)(C)C)c(O)cc1C. The molecular formula is C37H52O3. The smallest absolute Gasteiger partial charge is 0.119 e. The highest BCUT2D eigenvalue weighted by Crippen LogP contribution is 2.51. The van der Waals surface area contributed by atoms with Gasteiger partial charge >= 0.3 is 0 Å². The Morgan fingerprint density at radius 2 is 0.750 bits per heavy atom. The first-order chi connectivity index (χ1) is 18.0. The summed E-state index contributed by atoms with van der Waals surface area (Å²) in [5, 5.41) is 33.0. The molecule has 0 radical (unpaired) electrons. The van der Waals surface area contributed by atoms with Crippen molar-refractivity contribution in [3.63, 3.8) is 0 Å². The zero-order valence-electron chi connectivity index (χ0n) is 27.4. The lowest BCUT2D eigenvalue weighted by Gasteiger charge is -2.42. The number of aryl methyl sites for hydroxylation is 3. The van der Waals surface area contributed by atoms with Crippen LogP contribution in [0.5, 0.6) is 17.2 Å². The van der Waals surface area contributed by atoms with Gasteiger partial charge < -0.3 is 15.3 Å². The van der Waals surface area contributed by atoms with Crippen molar-refractivity contribution in [2.45, 2.75) is 125 Å². The minimum Gasteiger partial charge on any atom is -0.508 e. The third-order valence-corrected chi connectivity index (χ3v) is 8.95. The molecule has 0 aromatic heterocycles. The summed E-state index contributed by atoms with van der Waals surface area (Å²) in [6.45, 7) is 30.0. The molecule has 0 aliphatic heterocycles. The Hall–Kier alpha value is -2.94. The third kappa shape index (κ3) is 5.62. The molecule has 3 N–H and O–H groups in total. The van der Waals surface area contributed by atoms with Crippen molar-refractivity contribution >= 4 is 0 Å². The summed E-state index contributed by atoms with van der Waals surface area (Å²) in [5.74, 6) is 0.963. The van der Waals surface area contributed by atoms with Crippen LogP contribution in [-0.2, 0) is 21.7 Å². The van der Waals surface area contributed by atoms with Crippen LogP contribution in [0, 0.1) is 20.8 Å². The molecular weight excluding hydrogens is 492 g/mol. The van der Waals surface area contributed by atoms with E-state index in [1.165, 1.54) is 5.56 Å². The normalized spacial score (nSPS) is 13.9. The lowest BCUT2D eigenvalue weighted by molar-refractivity contribution is 0.427. The Labute approximate surface area is 243 Å². The Morgan fingerprint density at radius 1 is 0.450 bits per heavy atom. The number of phenolic OH excluding ortho intramolecular Hbond substituents is 3. The summed E-state index contributed by atoms with van der Waals surface area (Å²) in [5.41, 5.74) is 8.11. The van der Waals surface area contributed by atoms with Crippen LogP contribution in [-0.4, -0.2) is 15.3 Å². The summed E-state index contributed by atoms with van der Waals surface area (Å²) in [7, 11) is 0. The van der Waals surface area contributed by atoms with E-state index in [9.17, 15) is 15.3 Å². The van der Waals surface area contributed by atoms with Crippen molar-refractivity contribution in [2.24, 2.45) is 0 Å². The van der Waals surface area contributed by atoms with Gasteiger partial charge in [0.05, 0.1) is 0 Å². The van der Waals surface area contributed by atoms with E-state index in [0.29, 0.717) is 17.2 Å². The van der Waals surface area contributed by atoms with Gasteiger partial charge in [-0.2, -0.15) is 0 Å². The van der Waals surface area contributed by atoms with Crippen LogP contribution in [0.4, 0.5) is 0 Å². The maximum atomic E-state index is 11.0. The summed E-state index contributed by atoms with van der Waals surface area (Å²) in [4.78, 5) is 0. The number of hydrogen-bond donors (Lipinski definition) is 3. The number of hydrogen-bond acceptors (Lipinski definition) is 3. The molecule has 0 aliphatic rings. The van der Waals surface area contributed by atoms with Gasteiger partial charge in [0.1, 0.15) is 17.2 Å². The first kappa shape index (κ1) is 31.6. The average molecular weight is 545 g/mol. The van der Waals surface area contributed by atoms with E-state index < -0.39 is 5.41 Å². The second kappa shape index (κ2) is 10.2. The van der Waals surface area contributed by atoms with Gasteiger partial charge in [-0.15, -0.1) is 0 Å². The lowest BCUT2D eigenvalue weighted by Crippen LogP contribution is -2.34. The van der Waals surface area contributed by atoms with E-state index in [4.69, 9.17) is 0 Å². The largest absolute Gasteiger partial charge is 0.508 e. The van der Waals surface area contributed by atoms with E-state index in [0.717, 1.165) is 44.5 Å². The predicted octanol–water partition coefficient (Wildman–Crippen LogP) is 9.73. The van der Waals surface area contributed by atoms with Gasteiger partial charge in [0, 0.05) is 5.41 Å². The Kier molecular flexibility index (Phi) is 8.02. The van der Waals surface area contributed by atoms with Gasteiger partial charge in [-0.25, -0.2) is 0 Å². The highest BCUT2D eigenvalue weighted by Gasteiger charge is 2.41. The molecule has 3 aromatic carbocycles. The van der Waals surface area contributed by atoms with Gasteiger partial charge in [-0.3, -0.25) is 0 Å². The zero-order valence-corrected chi connectivity index (χ0v) is 27.4. The van der Waals surface area contributed by atoms with Crippen LogP contribution >= 0.6 is 0 Å². The van der Waals surface area contributed by atoms with E-state index in [1.54, 1.807) is 0 Å². The van der Waals surface area contributed by atoms with Crippen molar-refractivity contribution in [1.82, 2.24) is 0 Å². The highest BCUT2D eigenvalue weighted by molar-refractivity contribution is 5.58. The molecule has 0 aliphatic carbocycles. The fourth-order valence-corrected chi connectivity index (χ4v) is 6.41. The van der Waals surface area contributed by atoms with Crippen LogP contribution in [0.3, 0.4) is 0 Å². The van der Waals surface area contributed by atoms with E-state index in [2.05, 4.69) is 115 Å². The monoisotopic (exact) mass is 544 g/mol. The molecule has 0 amide bonds. The first-order valence-corrected chi connectivity index (χ1v) is 14.5. The van der Waals surface area contributed by atoms with Crippen molar-refractivity contribution in [2.75, 3.05) is 0 Å². The molecule has 0 spiro atoms. The van der Waals surface area contributed by atoms with Gasteiger partial charge in [-0.1, -0.05) is 94.4 Å². The number of aromatic hydroxyl groups is 3. The molecule has 0 fully saturated rings. The van der Waals surface area contributed by atoms with E-state index in [1.807, 2.05) is 18.2 Å². The molecule has 0 saturated carbocycles.